The maximum absolute atomic E-state index is 13.7. The Hall–Kier alpha value is -3.53. The number of aryl methyl sites for hydroxylation is 1. The molecule has 154 valence electrons. The lowest BCUT2D eigenvalue weighted by Gasteiger charge is -2.39. The second-order valence-electron chi connectivity index (χ2n) is 8.64. The number of carbonyl (C=O) groups is 3. The van der Waals surface area contributed by atoms with E-state index in [1.165, 1.54) is 5.56 Å². The van der Waals surface area contributed by atoms with Crippen LogP contribution >= 0.6 is 0 Å². The number of fused-ring (bicyclic) bond motifs is 3. The molecule has 0 saturated heterocycles. The standard InChI is InChI=1S/C27H23NO3/c1-15-7-6-10-19-16(2)13-17(3)28(24(15)19)27(31)18-11-12-22-23(14-18)26(30)21-9-5-4-8-20(21)25(22)29/h4-12,14,16-17H,13H2,1-3H3/t16-,17+/m0/s1. The van der Waals surface area contributed by atoms with Crippen LogP contribution in [0.15, 0.2) is 60.7 Å². The van der Waals surface area contributed by atoms with Crippen LogP contribution in [0, 0.1) is 6.92 Å². The normalized spacial score (nSPS) is 19.5. The Morgan fingerprint density at radius 3 is 2.19 bits per heavy atom. The molecule has 1 heterocycles. The van der Waals surface area contributed by atoms with E-state index in [-0.39, 0.29) is 23.5 Å². The van der Waals surface area contributed by atoms with Crippen molar-refractivity contribution in [3.63, 3.8) is 0 Å². The molecule has 0 bridgehead atoms. The lowest BCUT2D eigenvalue weighted by molar-refractivity contribution is 0.0968. The van der Waals surface area contributed by atoms with Gasteiger partial charge in [-0.3, -0.25) is 14.4 Å². The van der Waals surface area contributed by atoms with E-state index in [0.29, 0.717) is 33.7 Å². The van der Waals surface area contributed by atoms with Gasteiger partial charge in [-0.1, -0.05) is 49.4 Å². The molecule has 0 aromatic heterocycles. The first-order valence-corrected chi connectivity index (χ1v) is 10.6. The van der Waals surface area contributed by atoms with E-state index in [9.17, 15) is 14.4 Å². The van der Waals surface area contributed by atoms with Gasteiger partial charge in [0.1, 0.15) is 0 Å². The molecule has 0 unspecified atom stereocenters. The van der Waals surface area contributed by atoms with E-state index in [1.54, 1.807) is 42.5 Å². The molecule has 1 amide bonds. The van der Waals surface area contributed by atoms with Crippen LogP contribution in [0.5, 0.6) is 0 Å². The number of nitrogens with zero attached hydrogens (tertiary/aromatic N) is 1. The first kappa shape index (κ1) is 19.4. The number of benzene rings is 3. The van der Waals surface area contributed by atoms with Crippen LogP contribution in [-0.2, 0) is 0 Å². The third-order valence-electron chi connectivity index (χ3n) is 6.57. The predicted molar refractivity (Wildman–Crippen MR) is 120 cm³/mol. The summed E-state index contributed by atoms with van der Waals surface area (Å²) in [6.45, 7) is 6.28. The molecule has 5 rings (SSSR count). The van der Waals surface area contributed by atoms with Gasteiger partial charge in [0.2, 0.25) is 0 Å². The Kier molecular flexibility index (Phi) is 4.40. The maximum atomic E-state index is 13.7. The Morgan fingerprint density at radius 1 is 0.839 bits per heavy atom. The van der Waals surface area contributed by atoms with Crippen LogP contribution in [0.4, 0.5) is 5.69 Å². The van der Waals surface area contributed by atoms with E-state index in [4.69, 9.17) is 0 Å². The van der Waals surface area contributed by atoms with Crippen molar-refractivity contribution in [3.05, 3.63) is 99.6 Å². The zero-order valence-corrected chi connectivity index (χ0v) is 17.8. The summed E-state index contributed by atoms with van der Waals surface area (Å²) in [4.78, 5) is 41.5. The average Bonchev–Trinajstić information content (AvgIpc) is 2.77. The van der Waals surface area contributed by atoms with Crippen molar-refractivity contribution in [2.75, 3.05) is 4.90 Å². The Balaban J connectivity index is 1.60. The Morgan fingerprint density at radius 2 is 1.48 bits per heavy atom. The second-order valence-corrected chi connectivity index (χ2v) is 8.64. The van der Waals surface area contributed by atoms with Gasteiger partial charge in [-0.05, 0) is 55.5 Å². The topological polar surface area (TPSA) is 54.5 Å². The number of hydrogen-bond donors (Lipinski definition) is 0. The van der Waals surface area contributed by atoms with Crippen molar-refractivity contribution in [3.8, 4) is 0 Å². The van der Waals surface area contributed by atoms with Crippen molar-refractivity contribution in [1.29, 1.82) is 0 Å². The average molecular weight is 409 g/mol. The quantitative estimate of drug-likeness (QED) is 0.428. The number of carbonyl (C=O) groups excluding carboxylic acids is 3. The van der Waals surface area contributed by atoms with Gasteiger partial charge in [-0.25, -0.2) is 0 Å². The minimum Gasteiger partial charge on any atom is -0.305 e. The lowest BCUT2D eigenvalue weighted by atomic mass is 9.82. The Labute approximate surface area is 181 Å². The van der Waals surface area contributed by atoms with Crippen LogP contribution in [0.3, 0.4) is 0 Å². The highest BCUT2D eigenvalue weighted by Crippen LogP contribution is 2.41. The summed E-state index contributed by atoms with van der Waals surface area (Å²) in [5.41, 5.74) is 5.09. The van der Waals surface area contributed by atoms with Gasteiger partial charge in [-0.15, -0.1) is 0 Å². The van der Waals surface area contributed by atoms with Crippen LogP contribution in [0.25, 0.3) is 0 Å². The zero-order chi connectivity index (χ0) is 21.9. The molecule has 1 aliphatic heterocycles. The van der Waals surface area contributed by atoms with Crippen molar-refractivity contribution in [2.24, 2.45) is 0 Å². The van der Waals surface area contributed by atoms with Gasteiger partial charge in [-0.2, -0.15) is 0 Å². The van der Waals surface area contributed by atoms with Gasteiger partial charge < -0.3 is 4.90 Å². The number of para-hydroxylation sites is 1. The molecule has 3 aromatic rings. The van der Waals surface area contributed by atoms with Gasteiger partial charge >= 0.3 is 0 Å². The van der Waals surface area contributed by atoms with Crippen molar-refractivity contribution in [1.82, 2.24) is 0 Å². The Bertz CT molecular complexity index is 1270. The lowest BCUT2D eigenvalue weighted by Crippen LogP contribution is -2.43. The molecule has 31 heavy (non-hydrogen) atoms. The predicted octanol–water partition coefficient (Wildman–Crippen LogP) is 5.31. The van der Waals surface area contributed by atoms with Crippen LogP contribution in [-0.4, -0.2) is 23.5 Å². The summed E-state index contributed by atoms with van der Waals surface area (Å²) in [5.74, 6) is -0.160. The summed E-state index contributed by atoms with van der Waals surface area (Å²) in [6.07, 6.45) is 0.873. The summed E-state index contributed by atoms with van der Waals surface area (Å²) < 4.78 is 0. The van der Waals surface area contributed by atoms with Crippen LogP contribution in [0.1, 0.15) is 79.5 Å². The van der Waals surface area contributed by atoms with E-state index < -0.39 is 0 Å². The smallest absolute Gasteiger partial charge is 0.258 e. The zero-order valence-electron chi connectivity index (χ0n) is 17.8. The molecule has 0 saturated carbocycles. The van der Waals surface area contributed by atoms with Crippen molar-refractivity contribution in [2.45, 2.75) is 39.2 Å². The molecule has 4 heteroatoms. The van der Waals surface area contributed by atoms with Crippen molar-refractivity contribution < 1.29 is 14.4 Å². The summed E-state index contributed by atoms with van der Waals surface area (Å²) in [7, 11) is 0. The SMILES string of the molecule is Cc1cccc2c1N(C(=O)c1ccc3c(c1)C(=O)c1ccccc1C3=O)[C@H](C)C[C@@H]2C. The molecular formula is C27H23NO3. The van der Waals surface area contributed by atoms with Gasteiger partial charge in [0.15, 0.2) is 11.6 Å². The highest BCUT2D eigenvalue weighted by atomic mass is 16.2. The summed E-state index contributed by atoms with van der Waals surface area (Å²) in [6, 6.07) is 17.9. The first-order valence-electron chi connectivity index (χ1n) is 10.6. The van der Waals surface area contributed by atoms with E-state index in [2.05, 4.69) is 19.9 Å². The highest BCUT2D eigenvalue weighted by Gasteiger charge is 2.35. The maximum Gasteiger partial charge on any atom is 0.258 e. The molecule has 4 nitrogen and oxygen atoms in total. The minimum absolute atomic E-state index is 0.0326. The monoisotopic (exact) mass is 409 g/mol. The van der Waals surface area contributed by atoms with Gasteiger partial charge in [0.25, 0.3) is 5.91 Å². The molecular weight excluding hydrogens is 386 g/mol. The van der Waals surface area contributed by atoms with Gasteiger partial charge in [0.05, 0.1) is 5.69 Å². The summed E-state index contributed by atoms with van der Waals surface area (Å²) >= 11 is 0. The third kappa shape index (κ3) is 2.86. The molecule has 0 spiro atoms. The molecule has 0 N–H and O–H groups in total. The fraction of sp³-hybridized carbons (Fsp3) is 0.222. The first-order chi connectivity index (χ1) is 14.9. The van der Waals surface area contributed by atoms with Crippen LogP contribution in [0.2, 0.25) is 0 Å². The number of ketones is 2. The molecule has 3 aromatic carbocycles. The molecule has 0 fully saturated rings. The van der Waals surface area contributed by atoms with Crippen LogP contribution < -0.4 is 4.90 Å². The summed E-state index contributed by atoms with van der Waals surface area (Å²) in [5, 5.41) is 0. The largest absolute Gasteiger partial charge is 0.305 e. The van der Waals surface area contributed by atoms with Crippen molar-refractivity contribution >= 4 is 23.2 Å². The van der Waals surface area contributed by atoms with E-state index in [0.717, 1.165) is 17.7 Å². The molecule has 2 atom stereocenters. The number of anilines is 1. The molecule has 2 aliphatic rings. The fourth-order valence-corrected chi connectivity index (χ4v) is 5.05. The van der Waals surface area contributed by atoms with E-state index >= 15 is 0 Å². The minimum atomic E-state index is -0.211. The number of rotatable bonds is 1. The fourth-order valence-electron chi connectivity index (χ4n) is 5.05. The van der Waals surface area contributed by atoms with Gasteiger partial charge in [0, 0.05) is 33.9 Å². The molecule has 0 radical (unpaired) electrons. The number of hydrogen-bond acceptors (Lipinski definition) is 3. The second kappa shape index (κ2) is 7.02. The highest BCUT2D eigenvalue weighted by molar-refractivity contribution is 6.29. The molecule has 1 aliphatic carbocycles. The number of amides is 1. The third-order valence-corrected chi connectivity index (χ3v) is 6.57. The van der Waals surface area contributed by atoms with E-state index in [1.807, 2.05) is 24.0 Å².